The quantitative estimate of drug-likeness (QED) is 0.378. The maximum absolute atomic E-state index is 9.90. The van der Waals surface area contributed by atoms with E-state index in [0.717, 1.165) is 15.0 Å². The van der Waals surface area contributed by atoms with Crippen LogP contribution in [0, 0.1) is 10.5 Å². The first-order valence-electron chi connectivity index (χ1n) is 7.23. The van der Waals surface area contributed by atoms with E-state index in [1.165, 1.54) is 5.56 Å². The fourth-order valence-electron chi connectivity index (χ4n) is 1.80. The fraction of sp³-hybridized carbons (Fsp3) is 0.235. The normalized spacial score (nSPS) is 12.7. The van der Waals surface area contributed by atoms with E-state index in [0.29, 0.717) is 0 Å². The van der Waals surface area contributed by atoms with Crippen LogP contribution in [0.25, 0.3) is 0 Å². The SMILES string of the molecule is Cc1ccc(NC(N)=NCC(O)COc2ccc(I)cc2)cc1. The van der Waals surface area contributed by atoms with Crippen molar-refractivity contribution in [2.24, 2.45) is 10.7 Å². The molecule has 1 unspecified atom stereocenters. The Morgan fingerprint density at radius 3 is 2.52 bits per heavy atom. The number of hydrogen-bond acceptors (Lipinski definition) is 3. The van der Waals surface area contributed by atoms with Crippen LogP contribution in [-0.2, 0) is 0 Å². The maximum Gasteiger partial charge on any atom is 0.193 e. The second-order valence-corrected chi connectivity index (χ2v) is 6.38. The van der Waals surface area contributed by atoms with E-state index in [1.54, 1.807) is 0 Å². The lowest BCUT2D eigenvalue weighted by molar-refractivity contribution is 0.114. The van der Waals surface area contributed by atoms with Crippen molar-refractivity contribution in [3.63, 3.8) is 0 Å². The number of aliphatic hydroxyl groups excluding tert-OH is 1. The summed E-state index contributed by atoms with van der Waals surface area (Å²) in [5.41, 5.74) is 7.84. The first-order chi connectivity index (χ1) is 11.0. The molecule has 0 bridgehead atoms. The molecule has 23 heavy (non-hydrogen) atoms. The summed E-state index contributed by atoms with van der Waals surface area (Å²) in [5.74, 6) is 0.987. The molecule has 0 spiro atoms. The number of aliphatic imine (C=N–C) groups is 1. The van der Waals surface area contributed by atoms with Gasteiger partial charge in [-0.2, -0.15) is 0 Å². The van der Waals surface area contributed by atoms with Gasteiger partial charge in [-0.25, -0.2) is 0 Å². The number of ether oxygens (including phenoxy) is 1. The number of nitrogens with two attached hydrogens (primary N) is 1. The summed E-state index contributed by atoms with van der Waals surface area (Å²) in [7, 11) is 0. The van der Waals surface area contributed by atoms with E-state index in [9.17, 15) is 5.11 Å². The minimum absolute atomic E-state index is 0.169. The summed E-state index contributed by atoms with van der Waals surface area (Å²) in [5, 5.41) is 12.9. The summed E-state index contributed by atoms with van der Waals surface area (Å²) >= 11 is 2.23. The third kappa shape index (κ3) is 6.45. The third-order valence-corrected chi connectivity index (χ3v) is 3.77. The van der Waals surface area contributed by atoms with E-state index in [4.69, 9.17) is 10.5 Å². The van der Waals surface area contributed by atoms with Crippen LogP contribution in [0.2, 0.25) is 0 Å². The Balaban J connectivity index is 1.76. The van der Waals surface area contributed by atoms with Crippen molar-refractivity contribution in [3.8, 4) is 5.75 Å². The van der Waals surface area contributed by atoms with Crippen molar-refractivity contribution in [2.75, 3.05) is 18.5 Å². The molecule has 122 valence electrons. The average Bonchev–Trinajstić information content (AvgIpc) is 2.54. The Labute approximate surface area is 149 Å². The van der Waals surface area contributed by atoms with Gasteiger partial charge in [-0.3, -0.25) is 4.99 Å². The molecule has 2 aromatic carbocycles. The molecule has 0 radical (unpaired) electrons. The van der Waals surface area contributed by atoms with E-state index >= 15 is 0 Å². The molecule has 5 nitrogen and oxygen atoms in total. The van der Waals surface area contributed by atoms with Crippen molar-refractivity contribution in [1.29, 1.82) is 0 Å². The Morgan fingerprint density at radius 2 is 1.87 bits per heavy atom. The second-order valence-electron chi connectivity index (χ2n) is 5.14. The van der Waals surface area contributed by atoms with Gasteiger partial charge in [0.05, 0.1) is 6.54 Å². The first kappa shape index (κ1) is 17.6. The van der Waals surface area contributed by atoms with Crippen molar-refractivity contribution in [2.45, 2.75) is 13.0 Å². The number of halogens is 1. The first-order valence-corrected chi connectivity index (χ1v) is 8.31. The summed E-state index contributed by atoms with van der Waals surface area (Å²) in [6, 6.07) is 15.4. The van der Waals surface area contributed by atoms with Gasteiger partial charge in [0, 0.05) is 9.26 Å². The summed E-state index contributed by atoms with van der Waals surface area (Å²) in [6.07, 6.45) is -0.715. The monoisotopic (exact) mass is 425 g/mol. The van der Waals surface area contributed by atoms with Gasteiger partial charge < -0.3 is 20.9 Å². The zero-order valence-corrected chi connectivity index (χ0v) is 15.0. The van der Waals surface area contributed by atoms with Crippen molar-refractivity contribution in [1.82, 2.24) is 0 Å². The Hall–Kier alpha value is -1.80. The molecule has 0 fully saturated rings. The minimum Gasteiger partial charge on any atom is -0.491 e. The fourth-order valence-corrected chi connectivity index (χ4v) is 2.16. The van der Waals surface area contributed by atoms with Crippen molar-refractivity contribution >= 4 is 34.2 Å². The van der Waals surface area contributed by atoms with Gasteiger partial charge in [0.1, 0.15) is 18.5 Å². The molecule has 1 atom stereocenters. The van der Waals surface area contributed by atoms with E-state index in [2.05, 4.69) is 32.9 Å². The van der Waals surface area contributed by atoms with Gasteiger partial charge in [0.15, 0.2) is 5.96 Å². The molecular formula is C17H20IN3O2. The molecule has 0 aliphatic rings. The van der Waals surface area contributed by atoms with Crippen LogP contribution in [0.15, 0.2) is 53.5 Å². The number of guanidine groups is 1. The molecule has 0 aliphatic heterocycles. The molecule has 0 saturated heterocycles. The van der Waals surface area contributed by atoms with Crippen LogP contribution in [-0.4, -0.2) is 30.3 Å². The van der Waals surface area contributed by atoms with Gasteiger partial charge in [-0.1, -0.05) is 17.7 Å². The molecule has 2 rings (SSSR count). The minimum atomic E-state index is -0.715. The lowest BCUT2D eigenvalue weighted by Gasteiger charge is -2.11. The molecule has 0 aliphatic carbocycles. The molecule has 0 saturated carbocycles. The topological polar surface area (TPSA) is 79.9 Å². The van der Waals surface area contributed by atoms with E-state index in [1.807, 2.05) is 55.5 Å². The summed E-state index contributed by atoms with van der Waals surface area (Å²) in [6.45, 7) is 2.36. The molecule has 2 aromatic rings. The number of aliphatic hydroxyl groups is 1. The largest absolute Gasteiger partial charge is 0.491 e. The summed E-state index contributed by atoms with van der Waals surface area (Å²) in [4.78, 5) is 4.12. The number of anilines is 1. The van der Waals surface area contributed by atoms with Crippen LogP contribution < -0.4 is 15.8 Å². The van der Waals surface area contributed by atoms with Gasteiger partial charge >= 0.3 is 0 Å². The van der Waals surface area contributed by atoms with Crippen LogP contribution in [0.4, 0.5) is 5.69 Å². The van der Waals surface area contributed by atoms with E-state index < -0.39 is 6.10 Å². The predicted molar refractivity (Wildman–Crippen MR) is 102 cm³/mol. The number of benzene rings is 2. The van der Waals surface area contributed by atoms with Gasteiger partial charge in [0.25, 0.3) is 0 Å². The Kier molecular flexibility index (Phi) is 6.66. The van der Waals surface area contributed by atoms with Crippen molar-refractivity contribution < 1.29 is 9.84 Å². The predicted octanol–water partition coefficient (Wildman–Crippen LogP) is 2.77. The van der Waals surface area contributed by atoms with Crippen molar-refractivity contribution in [3.05, 3.63) is 57.7 Å². The molecule has 0 amide bonds. The molecule has 6 heteroatoms. The van der Waals surface area contributed by atoms with Gasteiger partial charge in [0.2, 0.25) is 0 Å². The summed E-state index contributed by atoms with van der Waals surface area (Å²) < 4.78 is 6.64. The molecule has 0 aromatic heterocycles. The van der Waals surface area contributed by atoms with Crippen LogP contribution in [0.1, 0.15) is 5.56 Å². The molecular weight excluding hydrogens is 405 g/mol. The Bertz CT molecular complexity index is 642. The zero-order valence-electron chi connectivity index (χ0n) is 12.9. The number of rotatable bonds is 6. The number of hydrogen-bond donors (Lipinski definition) is 3. The highest BCUT2D eigenvalue weighted by Crippen LogP contribution is 2.13. The molecule has 4 N–H and O–H groups in total. The lowest BCUT2D eigenvalue weighted by atomic mass is 10.2. The van der Waals surface area contributed by atoms with Crippen LogP contribution in [0.5, 0.6) is 5.75 Å². The maximum atomic E-state index is 9.90. The number of aryl methyl sites for hydroxylation is 1. The highest BCUT2D eigenvalue weighted by molar-refractivity contribution is 14.1. The number of nitrogens with one attached hydrogen (secondary N) is 1. The van der Waals surface area contributed by atoms with E-state index in [-0.39, 0.29) is 19.1 Å². The third-order valence-electron chi connectivity index (χ3n) is 3.05. The standard InChI is InChI=1S/C17H20IN3O2/c1-12-2-6-14(7-3-12)21-17(19)20-10-15(22)11-23-16-8-4-13(18)5-9-16/h2-9,15,22H,10-11H2,1H3,(H3,19,20,21). The smallest absolute Gasteiger partial charge is 0.193 e. The van der Waals surface area contributed by atoms with Crippen LogP contribution in [0.3, 0.4) is 0 Å². The van der Waals surface area contributed by atoms with Gasteiger partial charge in [-0.05, 0) is 65.9 Å². The second kappa shape index (κ2) is 8.73. The molecule has 0 heterocycles. The highest BCUT2D eigenvalue weighted by Gasteiger charge is 2.05. The van der Waals surface area contributed by atoms with Gasteiger partial charge in [-0.15, -0.1) is 0 Å². The number of nitrogens with zero attached hydrogens (tertiary/aromatic N) is 1. The highest BCUT2D eigenvalue weighted by atomic mass is 127. The van der Waals surface area contributed by atoms with Crippen LogP contribution >= 0.6 is 22.6 Å². The zero-order chi connectivity index (χ0) is 16.7. The lowest BCUT2D eigenvalue weighted by Crippen LogP contribution is -2.27. The average molecular weight is 425 g/mol. The Morgan fingerprint density at radius 1 is 1.22 bits per heavy atom.